The maximum Gasteiger partial charge on any atom is 0.306 e. The van der Waals surface area contributed by atoms with Crippen LogP contribution in [0.2, 0.25) is 44.8 Å². The van der Waals surface area contributed by atoms with Crippen molar-refractivity contribution < 1.29 is 14.6 Å². The van der Waals surface area contributed by atoms with Gasteiger partial charge in [0.05, 0.1) is 26.9 Å². The van der Waals surface area contributed by atoms with E-state index in [0.717, 1.165) is 25.9 Å². The molecule has 0 aliphatic carbocycles. The highest BCUT2D eigenvalue weighted by molar-refractivity contribution is 6.86. The molecule has 1 fully saturated rings. The Kier molecular flexibility index (Phi) is 4.51. The molecule has 1 heterocycles. The Morgan fingerprint density at radius 3 is 2.00 bits per heavy atom. The second-order valence-electron chi connectivity index (χ2n) is 7.58. The van der Waals surface area contributed by atoms with Crippen molar-refractivity contribution >= 4 is 22.1 Å². The Balaban J connectivity index is 3.27. The molecule has 1 aliphatic heterocycles. The van der Waals surface area contributed by atoms with Crippen LogP contribution in [0.15, 0.2) is 0 Å². The minimum atomic E-state index is -1.81. The zero-order chi connectivity index (χ0) is 14.2. The second-order valence-corrected chi connectivity index (χ2v) is 18.2. The van der Waals surface area contributed by atoms with Gasteiger partial charge in [0, 0.05) is 6.61 Å². The predicted octanol–water partition coefficient (Wildman–Crippen LogP) is 3.60. The van der Waals surface area contributed by atoms with E-state index in [0.29, 0.717) is 0 Å². The van der Waals surface area contributed by atoms with Crippen LogP contribution in [0.25, 0.3) is 0 Å². The monoisotopic (exact) mass is 288 g/mol. The highest BCUT2D eigenvalue weighted by Gasteiger charge is 2.58. The van der Waals surface area contributed by atoms with Gasteiger partial charge in [0.2, 0.25) is 0 Å². The van der Waals surface area contributed by atoms with Crippen molar-refractivity contribution in [1.29, 1.82) is 0 Å². The highest BCUT2D eigenvalue weighted by Crippen LogP contribution is 2.47. The number of aliphatic carboxylic acids is 1. The van der Waals surface area contributed by atoms with Gasteiger partial charge in [-0.25, -0.2) is 0 Å². The van der Waals surface area contributed by atoms with Crippen molar-refractivity contribution in [3.05, 3.63) is 0 Å². The van der Waals surface area contributed by atoms with Gasteiger partial charge in [0.15, 0.2) is 0 Å². The molecule has 0 aromatic rings. The molecule has 2 atom stereocenters. The van der Waals surface area contributed by atoms with E-state index in [9.17, 15) is 9.90 Å². The molecule has 2 unspecified atom stereocenters. The van der Waals surface area contributed by atoms with E-state index < -0.39 is 22.1 Å². The summed E-state index contributed by atoms with van der Waals surface area (Å²) >= 11 is 0. The molecule has 0 amide bonds. The first-order valence-corrected chi connectivity index (χ1v) is 14.0. The molecule has 0 saturated carbocycles. The molecule has 0 radical (unpaired) electrons. The van der Waals surface area contributed by atoms with Crippen molar-refractivity contribution in [2.45, 2.75) is 69.3 Å². The van der Waals surface area contributed by atoms with Crippen LogP contribution in [-0.2, 0) is 9.53 Å². The summed E-state index contributed by atoms with van der Waals surface area (Å²) in [5.41, 5.74) is -0.281. The molecule has 18 heavy (non-hydrogen) atoms. The number of carboxylic acids is 1. The van der Waals surface area contributed by atoms with Crippen LogP contribution >= 0.6 is 0 Å². The molecule has 1 rings (SSSR count). The van der Waals surface area contributed by atoms with E-state index in [1.807, 2.05) is 0 Å². The number of carbonyl (C=O) groups is 1. The minimum Gasteiger partial charge on any atom is -0.481 e. The van der Waals surface area contributed by atoms with Crippen molar-refractivity contribution in [3.8, 4) is 0 Å². The lowest BCUT2D eigenvalue weighted by Crippen LogP contribution is -2.64. The third-order valence-electron chi connectivity index (χ3n) is 4.15. The van der Waals surface area contributed by atoms with Crippen LogP contribution in [0.3, 0.4) is 0 Å². The average Bonchev–Trinajstić information content (AvgIpc) is 2.14. The van der Waals surface area contributed by atoms with E-state index in [4.69, 9.17) is 4.74 Å². The first kappa shape index (κ1) is 15.9. The van der Waals surface area contributed by atoms with E-state index in [1.54, 1.807) is 0 Å². The lowest BCUT2D eigenvalue weighted by atomic mass is 10.0. The van der Waals surface area contributed by atoms with Crippen molar-refractivity contribution in [3.63, 3.8) is 0 Å². The predicted molar refractivity (Wildman–Crippen MR) is 80.6 cm³/mol. The molecular weight excluding hydrogens is 260 g/mol. The second kappa shape index (κ2) is 5.09. The SMILES string of the molecule is C[Si](C)(C)C(C(=O)O)C1([Si](C)(C)C)CCCCO1. The average molecular weight is 289 g/mol. The van der Waals surface area contributed by atoms with E-state index in [1.165, 1.54) is 0 Å². The lowest BCUT2D eigenvalue weighted by molar-refractivity contribution is -0.143. The number of hydrogen-bond acceptors (Lipinski definition) is 2. The zero-order valence-corrected chi connectivity index (χ0v) is 14.7. The Hall–Kier alpha value is -0.136. The van der Waals surface area contributed by atoms with Gasteiger partial charge >= 0.3 is 5.97 Å². The highest BCUT2D eigenvalue weighted by atomic mass is 28.3. The summed E-state index contributed by atoms with van der Waals surface area (Å²) in [5.74, 6) is -0.640. The normalized spacial score (nSPS) is 27.9. The molecule has 1 saturated heterocycles. The molecule has 0 aromatic carbocycles. The van der Waals surface area contributed by atoms with Crippen LogP contribution in [0.5, 0.6) is 0 Å². The van der Waals surface area contributed by atoms with E-state index in [-0.39, 0.29) is 10.8 Å². The Labute approximate surface area is 113 Å². The maximum atomic E-state index is 11.9. The molecule has 0 spiro atoms. The van der Waals surface area contributed by atoms with Crippen molar-refractivity contribution in [2.75, 3.05) is 6.61 Å². The summed E-state index contributed by atoms with van der Waals surface area (Å²) in [6.07, 6.45) is 3.12. The summed E-state index contributed by atoms with van der Waals surface area (Å²) < 4.78 is 6.20. The fraction of sp³-hybridized carbons (Fsp3) is 0.923. The Morgan fingerprint density at radius 2 is 1.72 bits per heavy atom. The first-order valence-electron chi connectivity index (χ1n) is 6.89. The molecule has 1 N–H and O–H groups in total. The number of carboxylic acid groups (broad SMARTS) is 1. The van der Waals surface area contributed by atoms with Gasteiger partial charge < -0.3 is 9.84 Å². The molecule has 1 aliphatic rings. The minimum absolute atomic E-state index is 0.281. The number of ether oxygens (including phenoxy) is 1. The van der Waals surface area contributed by atoms with Gasteiger partial charge in [0.25, 0.3) is 0 Å². The van der Waals surface area contributed by atoms with Crippen LogP contribution in [-0.4, -0.2) is 39.1 Å². The van der Waals surface area contributed by atoms with E-state index >= 15 is 0 Å². The van der Waals surface area contributed by atoms with E-state index in [2.05, 4.69) is 39.3 Å². The third-order valence-corrected chi connectivity index (χ3v) is 10.1. The topological polar surface area (TPSA) is 46.5 Å². The van der Waals surface area contributed by atoms with Crippen molar-refractivity contribution in [1.82, 2.24) is 0 Å². The maximum absolute atomic E-state index is 11.9. The van der Waals surface area contributed by atoms with Gasteiger partial charge in [-0.1, -0.05) is 39.3 Å². The fourth-order valence-electron chi connectivity index (χ4n) is 3.34. The Morgan fingerprint density at radius 1 is 1.17 bits per heavy atom. The van der Waals surface area contributed by atoms with Crippen LogP contribution in [0.1, 0.15) is 19.3 Å². The summed E-state index contributed by atoms with van der Waals surface area (Å²) in [6, 6.07) is 0. The summed E-state index contributed by atoms with van der Waals surface area (Å²) in [4.78, 5) is 11.9. The summed E-state index contributed by atoms with van der Waals surface area (Å²) in [7, 11) is -3.52. The standard InChI is InChI=1S/C13H28O3Si2/c1-17(2,3)11(12(14)15)13(18(4,5)6)9-7-8-10-16-13/h11H,7-10H2,1-6H3,(H,14,15). The molecule has 106 valence electrons. The Bertz CT molecular complexity index is 309. The molecule has 5 heteroatoms. The fourth-order valence-corrected chi connectivity index (χ4v) is 10.8. The number of rotatable bonds is 4. The molecule has 0 bridgehead atoms. The lowest BCUT2D eigenvalue weighted by Gasteiger charge is -2.52. The quantitative estimate of drug-likeness (QED) is 0.804. The zero-order valence-electron chi connectivity index (χ0n) is 12.7. The van der Waals surface area contributed by atoms with Gasteiger partial charge in [-0.3, -0.25) is 4.79 Å². The summed E-state index contributed by atoms with van der Waals surface area (Å²) in [6.45, 7) is 14.0. The van der Waals surface area contributed by atoms with Crippen LogP contribution in [0, 0.1) is 0 Å². The van der Waals surface area contributed by atoms with Crippen LogP contribution in [0.4, 0.5) is 0 Å². The van der Waals surface area contributed by atoms with Gasteiger partial charge in [0.1, 0.15) is 0 Å². The number of hydrogen-bond donors (Lipinski definition) is 1. The molecule has 0 aromatic heterocycles. The van der Waals surface area contributed by atoms with Gasteiger partial charge in [-0.05, 0) is 19.3 Å². The van der Waals surface area contributed by atoms with Gasteiger partial charge in [-0.2, -0.15) is 0 Å². The smallest absolute Gasteiger partial charge is 0.306 e. The van der Waals surface area contributed by atoms with Gasteiger partial charge in [-0.15, -0.1) is 0 Å². The van der Waals surface area contributed by atoms with Crippen LogP contribution < -0.4 is 0 Å². The van der Waals surface area contributed by atoms with Crippen molar-refractivity contribution in [2.24, 2.45) is 0 Å². The summed E-state index contributed by atoms with van der Waals surface area (Å²) in [5, 5.41) is 9.41. The third kappa shape index (κ3) is 2.88. The largest absolute Gasteiger partial charge is 0.481 e. The molecular formula is C13H28O3Si2. The molecule has 3 nitrogen and oxygen atoms in total. The first-order chi connectivity index (χ1) is 8.02.